The van der Waals surface area contributed by atoms with Crippen molar-refractivity contribution in [1.29, 1.82) is 0 Å². The molecule has 5 nitrogen and oxygen atoms in total. The smallest absolute Gasteiger partial charge is 0.164 e. The fourth-order valence-corrected chi connectivity index (χ4v) is 11.6. The van der Waals surface area contributed by atoms with Crippen LogP contribution in [0.25, 0.3) is 83.9 Å². The standard InChI is InChI=1S/C61H40N4O/c1-60(2)47-24-9-6-22-42(47)45-35-46-44-23-8-13-28-53(44)65(54(46)36-51(45)60)40-20-16-19-38(33-40)58-62-57(37-17-4-3-5-18-37)63-59(64-58)39-31-32-43-41-21-7-10-25-48(41)61(52(43)34-39)49-26-11-14-29-55(49)66-56-30-15-12-27-50(56)61/h3-36H,1-2H3. The summed E-state index contributed by atoms with van der Waals surface area (Å²) in [5.41, 5.74) is 17.8. The number of aromatic nitrogens is 4. The fourth-order valence-electron chi connectivity index (χ4n) is 11.6. The van der Waals surface area contributed by atoms with E-state index in [4.69, 9.17) is 19.7 Å². The van der Waals surface area contributed by atoms with Crippen LogP contribution in [0.2, 0.25) is 0 Å². The third kappa shape index (κ3) is 5.02. The molecule has 310 valence electrons. The summed E-state index contributed by atoms with van der Waals surface area (Å²) in [4.78, 5) is 15.9. The van der Waals surface area contributed by atoms with Gasteiger partial charge < -0.3 is 9.30 Å². The number of fused-ring (bicyclic) bond motifs is 15. The van der Waals surface area contributed by atoms with Gasteiger partial charge >= 0.3 is 0 Å². The molecule has 0 fully saturated rings. The van der Waals surface area contributed by atoms with E-state index in [1.807, 2.05) is 18.2 Å². The second-order valence-electron chi connectivity index (χ2n) is 18.3. The van der Waals surface area contributed by atoms with Gasteiger partial charge in [0.2, 0.25) is 0 Å². The molecule has 1 aliphatic heterocycles. The van der Waals surface area contributed by atoms with Gasteiger partial charge in [0.05, 0.1) is 16.4 Å². The van der Waals surface area contributed by atoms with E-state index in [2.05, 4.69) is 206 Å². The number of hydrogen-bond acceptors (Lipinski definition) is 4. The summed E-state index contributed by atoms with van der Waals surface area (Å²) in [7, 11) is 0. The van der Waals surface area contributed by atoms with Crippen molar-refractivity contribution in [3.8, 4) is 73.6 Å². The highest BCUT2D eigenvalue weighted by molar-refractivity contribution is 6.11. The molecule has 3 aliphatic rings. The summed E-state index contributed by atoms with van der Waals surface area (Å²) in [5.74, 6) is 3.56. The van der Waals surface area contributed by atoms with Gasteiger partial charge in [0.15, 0.2) is 17.5 Å². The first-order chi connectivity index (χ1) is 32.5. The third-order valence-electron chi connectivity index (χ3n) is 14.5. The Labute approximate surface area is 382 Å². The monoisotopic (exact) mass is 844 g/mol. The van der Waals surface area contributed by atoms with E-state index in [0.717, 1.165) is 50.5 Å². The van der Waals surface area contributed by atoms with Crippen molar-refractivity contribution in [2.24, 2.45) is 0 Å². The molecule has 11 aromatic rings. The Kier molecular flexibility index (Phi) is 7.60. The maximum atomic E-state index is 6.63. The Morgan fingerprint density at radius 3 is 1.67 bits per heavy atom. The van der Waals surface area contributed by atoms with Crippen molar-refractivity contribution in [3.63, 3.8) is 0 Å². The first kappa shape index (κ1) is 37.0. The first-order valence-electron chi connectivity index (χ1n) is 22.7. The van der Waals surface area contributed by atoms with Gasteiger partial charge in [-0.1, -0.05) is 172 Å². The lowest BCUT2D eigenvalue weighted by Crippen LogP contribution is -2.32. The van der Waals surface area contributed by atoms with E-state index < -0.39 is 5.41 Å². The van der Waals surface area contributed by atoms with Crippen LogP contribution in [0.4, 0.5) is 0 Å². The molecule has 5 heteroatoms. The molecular weight excluding hydrogens is 805 g/mol. The minimum Gasteiger partial charge on any atom is -0.457 e. The van der Waals surface area contributed by atoms with Crippen LogP contribution in [0.15, 0.2) is 206 Å². The highest BCUT2D eigenvalue weighted by atomic mass is 16.5. The summed E-state index contributed by atoms with van der Waals surface area (Å²) >= 11 is 0. The van der Waals surface area contributed by atoms with E-state index in [1.165, 1.54) is 60.8 Å². The molecule has 2 aromatic heterocycles. The van der Waals surface area contributed by atoms with Gasteiger partial charge in [-0.2, -0.15) is 0 Å². The minimum atomic E-state index is -0.611. The number of benzene rings is 9. The van der Waals surface area contributed by atoms with Crippen LogP contribution < -0.4 is 4.74 Å². The Bertz CT molecular complexity index is 3800. The number of ether oxygens (including phenoxy) is 1. The molecular formula is C61H40N4O. The molecule has 0 radical (unpaired) electrons. The summed E-state index contributed by atoms with van der Waals surface area (Å²) < 4.78 is 9.04. The Hall–Kier alpha value is -8.41. The topological polar surface area (TPSA) is 52.8 Å². The molecule has 0 bridgehead atoms. The lowest BCUT2D eigenvalue weighted by atomic mass is 9.66. The van der Waals surface area contributed by atoms with Crippen molar-refractivity contribution >= 4 is 21.8 Å². The SMILES string of the molecule is CC1(C)c2ccccc2-c2cc3c4ccccc4n(-c4cccc(-c5nc(-c6ccccc6)nc(-c6ccc7c(c6)C6(c8ccccc8Oc8ccccc86)c6ccccc6-7)n5)c4)c3cc21. The zero-order chi connectivity index (χ0) is 43.7. The predicted octanol–water partition coefficient (Wildman–Crippen LogP) is 14.7. The second-order valence-corrected chi connectivity index (χ2v) is 18.3. The highest BCUT2D eigenvalue weighted by Crippen LogP contribution is 2.62. The normalized spacial score (nSPS) is 14.3. The largest absolute Gasteiger partial charge is 0.457 e. The van der Waals surface area contributed by atoms with E-state index in [1.54, 1.807) is 0 Å². The molecule has 0 amide bonds. The fraction of sp³-hybridized carbons (Fsp3) is 0.0656. The highest BCUT2D eigenvalue weighted by Gasteiger charge is 2.51. The van der Waals surface area contributed by atoms with Crippen LogP contribution in [0, 0.1) is 0 Å². The number of hydrogen-bond donors (Lipinski definition) is 0. The molecule has 14 rings (SSSR count). The van der Waals surface area contributed by atoms with E-state index >= 15 is 0 Å². The molecule has 9 aromatic carbocycles. The molecule has 0 unspecified atom stereocenters. The van der Waals surface area contributed by atoms with Crippen molar-refractivity contribution < 1.29 is 4.74 Å². The van der Waals surface area contributed by atoms with E-state index in [-0.39, 0.29) is 5.41 Å². The van der Waals surface area contributed by atoms with Crippen LogP contribution >= 0.6 is 0 Å². The average molecular weight is 845 g/mol. The molecule has 0 saturated carbocycles. The van der Waals surface area contributed by atoms with Crippen molar-refractivity contribution in [3.05, 3.63) is 240 Å². The maximum absolute atomic E-state index is 6.63. The van der Waals surface area contributed by atoms with Crippen LogP contribution in [0.5, 0.6) is 11.5 Å². The van der Waals surface area contributed by atoms with Gasteiger partial charge in [-0.15, -0.1) is 0 Å². The Morgan fingerprint density at radius 2 is 0.924 bits per heavy atom. The van der Waals surface area contributed by atoms with Crippen LogP contribution in [-0.4, -0.2) is 19.5 Å². The van der Waals surface area contributed by atoms with Gasteiger partial charge in [0.1, 0.15) is 11.5 Å². The zero-order valence-electron chi connectivity index (χ0n) is 36.3. The van der Waals surface area contributed by atoms with Gasteiger partial charge in [0.25, 0.3) is 0 Å². The van der Waals surface area contributed by atoms with Crippen molar-refractivity contribution in [2.45, 2.75) is 24.7 Å². The predicted molar refractivity (Wildman–Crippen MR) is 265 cm³/mol. The Balaban J connectivity index is 0.967. The van der Waals surface area contributed by atoms with Crippen molar-refractivity contribution in [2.75, 3.05) is 0 Å². The van der Waals surface area contributed by atoms with Crippen LogP contribution in [0.3, 0.4) is 0 Å². The summed E-state index contributed by atoms with van der Waals surface area (Å²) in [6, 6.07) is 73.9. The number of nitrogens with zero attached hydrogens (tertiary/aromatic N) is 4. The zero-order valence-corrected chi connectivity index (χ0v) is 36.3. The maximum Gasteiger partial charge on any atom is 0.164 e. The molecule has 0 atom stereocenters. The van der Waals surface area contributed by atoms with Crippen LogP contribution in [-0.2, 0) is 10.8 Å². The minimum absolute atomic E-state index is 0.129. The number of rotatable bonds is 4. The van der Waals surface area contributed by atoms with Gasteiger partial charge in [-0.25, -0.2) is 15.0 Å². The Morgan fingerprint density at radius 1 is 0.364 bits per heavy atom. The molecule has 66 heavy (non-hydrogen) atoms. The van der Waals surface area contributed by atoms with Gasteiger partial charge in [0, 0.05) is 49.7 Å². The van der Waals surface area contributed by atoms with Gasteiger partial charge in [-0.05, 0) is 93.0 Å². The molecule has 1 spiro atoms. The summed E-state index contributed by atoms with van der Waals surface area (Å²) in [5, 5.41) is 2.46. The lowest BCUT2D eigenvalue weighted by molar-refractivity contribution is 0.436. The summed E-state index contributed by atoms with van der Waals surface area (Å²) in [6.07, 6.45) is 0. The average Bonchev–Trinajstić information content (AvgIpc) is 3.94. The molecule has 0 N–H and O–H groups in total. The van der Waals surface area contributed by atoms with Gasteiger partial charge in [-0.3, -0.25) is 0 Å². The molecule has 0 saturated heterocycles. The quantitative estimate of drug-likeness (QED) is 0.177. The van der Waals surface area contributed by atoms with E-state index in [9.17, 15) is 0 Å². The lowest BCUT2D eigenvalue weighted by Gasteiger charge is -2.39. The molecule has 3 heterocycles. The summed E-state index contributed by atoms with van der Waals surface area (Å²) in [6.45, 7) is 4.70. The molecule has 2 aliphatic carbocycles. The number of para-hydroxylation sites is 3. The first-order valence-corrected chi connectivity index (χ1v) is 22.7. The van der Waals surface area contributed by atoms with Crippen molar-refractivity contribution in [1.82, 2.24) is 19.5 Å². The van der Waals surface area contributed by atoms with E-state index in [0.29, 0.717) is 17.5 Å². The third-order valence-corrected chi connectivity index (χ3v) is 14.5. The second kappa shape index (κ2) is 13.6. The van der Waals surface area contributed by atoms with Crippen LogP contribution in [0.1, 0.15) is 47.2 Å².